The van der Waals surface area contributed by atoms with E-state index >= 15 is 0 Å². The van der Waals surface area contributed by atoms with E-state index in [-0.39, 0.29) is 19.0 Å². The van der Waals surface area contributed by atoms with Gasteiger partial charge in [0.2, 0.25) is 0 Å². The summed E-state index contributed by atoms with van der Waals surface area (Å²) in [7, 11) is 3.80. The fourth-order valence-electron chi connectivity index (χ4n) is 3.98. The number of hydrogen-bond donors (Lipinski definition) is 0. The highest BCUT2D eigenvalue weighted by Gasteiger charge is 2.27. The second-order valence-corrected chi connectivity index (χ2v) is 7.23. The summed E-state index contributed by atoms with van der Waals surface area (Å²) in [6.07, 6.45) is 2.86. The summed E-state index contributed by atoms with van der Waals surface area (Å²) in [6, 6.07) is 14.2. The number of ether oxygens (including phenoxy) is 1. The quantitative estimate of drug-likeness (QED) is 0.455. The second kappa shape index (κ2) is 6.34. The third kappa shape index (κ3) is 2.69. The smallest absolute Gasteiger partial charge is 0.312 e. The number of esters is 1. The Morgan fingerprint density at radius 1 is 1.14 bits per heavy atom. The van der Waals surface area contributed by atoms with Gasteiger partial charge >= 0.3 is 5.97 Å². The Kier molecular flexibility index (Phi) is 3.79. The lowest BCUT2D eigenvalue weighted by molar-refractivity contribution is -0.144. The highest BCUT2D eigenvalue weighted by molar-refractivity contribution is 5.80. The number of carbonyl (C=O) groups excluding carboxylic acids is 1. The van der Waals surface area contributed by atoms with Gasteiger partial charge in [-0.05, 0) is 23.3 Å². The summed E-state index contributed by atoms with van der Waals surface area (Å²) in [5, 5.41) is 9.92. The average molecular weight is 372 g/mol. The molecule has 0 atom stereocenters. The van der Waals surface area contributed by atoms with Crippen LogP contribution >= 0.6 is 0 Å². The molecule has 1 aliphatic rings. The van der Waals surface area contributed by atoms with Gasteiger partial charge in [0.1, 0.15) is 6.61 Å². The number of aromatic nitrogens is 4. The molecule has 0 fully saturated rings. The van der Waals surface area contributed by atoms with Crippen molar-refractivity contribution in [3.8, 4) is 11.3 Å². The lowest BCUT2D eigenvalue weighted by atomic mass is 10.1. The number of benzene rings is 2. The molecule has 5 rings (SSSR count). The first-order chi connectivity index (χ1) is 13.6. The van der Waals surface area contributed by atoms with Crippen LogP contribution in [0.4, 0.5) is 0 Å². The molecule has 0 saturated heterocycles. The zero-order valence-corrected chi connectivity index (χ0v) is 15.8. The van der Waals surface area contributed by atoms with Gasteiger partial charge in [-0.15, -0.1) is 0 Å². The fourth-order valence-corrected chi connectivity index (χ4v) is 3.98. The minimum absolute atomic E-state index is 0.224. The van der Waals surface area contributed by atoms with Crippen LogP contribution in [-0.2, 0) is 43.1 Å². The molecule has 2 aromatic carbocycles. The molecule has 0 unspecified atom stereocenters. The van der Waals surface area contributed by atoms with Crippen molar-refractivity contribution in [1.29, 1.82) is 0 Å². The Bertz CT molecular complexity index is 1220. The van der Waals surface area contributed by atoms with Crippen LogP contribution in [0.1, 0.15) is 22.4 Å². The van der Waals surface area contributed by atoms with Crippen LogP contribution in [0.15, 0.2) is 48.7 Å². The van der Waals surface area contributed by atoms with E-state index in [1.165, 1.54) is 5.56 Å². The van der Waals surface area contributed by atoms with Crippen molar-refractivity contribution in [1.82, 2.24) is 19.6 Å². The van der Waals surface area contributed by atoms with Crippen LogP contribution in [0, 0.1) is 0 Å². The largest absolute Gasteiger partial charge is 0.461 e. The molecule has 4 aromatic rings. The molecule has 0 saturated carbocycles. The minimum Gasteiger partial charge on any atom is -0.461 e. The number of carbonyl (C=O) groups is 1. The molecule has 2 heterocycles. The van der Waals surface area contributed by atoms with Gasteiger partial charge in [-0.25, -0.2) is 0 Å². The normalized spacial score (nSPS) is 12.2. The van der Waals surface area contributed by atoms with Crippen molar-refractivity contribution in [3.05, 3.63) is 71.0 Å². The van der Waals surface area contributed by atoms with Gasteiger partial charge < -0.3 is 4.74 Å². The second-order valence-electron chi connectivity index (χ2n) is 7.23. The lowest BCUT2D eigenvalue weighted by Crippen LogP contribution is -2.12. The zero-order chi connectivity index (χ0) is 19.3. The fraction of sp³-hybridized carbons (Fsp3) is 0.227. The summed E-state index contributed by atoms with van der Waals surface area (Å²) in [5.74, 6) is -0.243. The van der Waals surface area contributed by atoms with Gasteiger partial charge in [0.15, 0.2) is 0 Å². The molecular weight excluding hydrogens is 352 g/mol. The molecular formula is C22H20N4O2. The number of rotatable bonds is 4. The summed E-state index contributed by atoms with van der Waals surface area (Å²) >= 11 is 0. The van der Waals surface area contributed by atoms with Crippen LogP contribution in [0.3, 0.4) is 0 Å². The van der Waals surface area contributed by atoms with E-state index in [1.807, 2.05) is 60.0 Å². The molecule has 6 nitrogen and oxygen atoms in total. The minimum atomic E-state index is -0.243. The summed E-state index contributed by atoms with van der Waals surface area (Å²) in [4.78, 5) is 12.5. The van der Waals surface area contributed by atoms with Crippen molar-refractivity contribution >= 4 is 16.9 Å². The zero-order valence-electron chi connectivity index (χ0n) is 15.8. The van der Waals surface area contributed by atoms with Gasteiger partial charge in [0.05, 0.1) is 29.5 Å². The van der Waals surface area contributed by atoms with Crippen molar-refractivity contribution in [2.45, 2.75) is 19.4 Å². The first kappa shape index (κ1) is 16.7. The van der Waals surface area contributed by atoms with E-state index in [0.29, 0.717) is 0 Å². The van der Waals surface area contributed by atoms with E-state index in [1.54, 1.807) is 0 Å². The van der Waals surface area contributed by atoms with E-state index in [4.69, 9.17) is 4.74 Å². The van der Waals surface area contributed by atoms with Crippen LogP contribution in [0.25, 0.3) is 22.2 Å². The standard InChI is InChI=1S/C22H20N4O2/c1-25-19-8-7-14(9-16(19)12-23-25)13-28-21(27)11-20-18-10-15-5-3-4-6-17(15)22(18)24-26(20)2/h3-9,12H,10-11,13H2,1-2H3. The molecule has 28 heavy (non-hydrogen) atoms. The molecule has 140 valence electrons. The van der Waals surface area contributed by atoms with E-state index in [9.17, 15) is 4.79 Å². The van der Waals surface area contributed by atoms with Crippen LogP contribution in [0.2, 0.25) is 0 Å². The van der Waals surface area contributed by atoms with Gasteiger partial charge in [0, 0.05) is 37.0 Å². The first-order valence-corrected chi connectivity index (χ1v) is 9.29. The number of nitrogens with zero attached hydrogens (tertiary/aromatic N) is 4. The Hall–Kier alpha value is -3.41. The van der Waals surface area contributed by atoms with E-state index in [2.05, 4.69) is 22.3 Å². The highest BCUT2D eigenvalue weighted by atomic mass is 16.5. The maximum atomic E-state index is 12.5. The first-order valence-electron chi connectivity index (χ1n) is 9.29. The average Bonchev–Trinajstić information content (AvgIpc) is 3.33. The molecule has 0 N–H and O–H groups in total. The Labute approximate surface area is 162 Å². The summed E-state index contributed by atoms with van der Waals surface area (Å²) < 4.78 is 9.18. The number of fused-ring (bicyclic) bond motifs is 4. The summed E-state index contributed by atoms with van der Waals surface area (Å²) in [5.41, 5.74) is 7.49. The van der Waals surface area contributed by atoms with Gasteiger partial charge in [-0.2, -0.15) is 10.2 Å². The van der Waals surface area contributed by atoms with Crippen LogP contribution in [0.5, 0.6) is 0 Å². The molecule has 6 heteroatoms. The highest BCUT2D eigenvalue weighted by Crippen LogP contribution is 2.37. The summed E-state index contributed by atoms with van der Waals surface area (Å²) in [6.45, 7) is 0.254. The van der Waals surface area contributed by atoms with E-state index in [0.717, 1.165) is 45.4 Å². The Balaban J connectivity index is 1.30. The van der Waals surface area contributed by atoms with Gasteiger partial charge in [-0.1, -0.05) is 30.3 Å². The topological polar surface area (TPSA) is 61.9 Å². The maximum absolute atomic E-state index is 12.5. The molecule has 0 bridgehead atoms. The monoisotopic (exact) mass is 372 g/mol. The van der Waals surface area contributed by atoms with Crippen LogP contribution < -0.4 is 0 Å². The Morgan fingerprint density at radius 3 is 2.89 bits per heavy atom. The van der Waals surface area contributed by atoms with Crippen molar-refractivity contribution < 1.29 is 9.53 Å². The van der Waals surface area contributed by atoms with Crippen molar-refractivity contribution in [2.75, 3.05) is 0 Å². The van der Waals surface area contributed by atoms with Crippen molar-refractivity contribution in [3.63, 3.8) is 0 Å². The molecule has 1 aliphatic carbocycles. The van der Waals surface area contributed by atoms with Gasteiger partial charge in [0.25, 0.3) is 0 Å². The Morgan fingerprint density at radius 2 is 2.00 bits per heavy atom. The van der Waals surface area contributed by atoms with Crippen LogP contribution in [-0.4, -0.2) is 25.5 Å². The molecule has 0 radical (unpaired) electrons. The molecule has 2 aromatic heterocycles. The molecule has 0 spiro atoms. The number of hydrogen-bond acceptors (Lipinski definition) is 4. The molecule has 0 amide bonds. The predicted octanol–water partition coefficient (Wildman–Crippen LogP) is 3.16. The number of aryl methyl sites for hydroxylation is 2. The maximum Gasteiger partial charge on any atom is 0.312 e. The third-order valence-electron chi connectivity index (χ3n) is 5.44. The van der Waals surface area contributed by atoms with E-state index < -0.39 is 0 Å². The lowest BCUT2D eigenvalue weighted by Gasteiger charge is -2.07. The predicted molar refractivity (Wildman–Crippen MR) is 106 cm³/mol. The third-order valence-corrected chi connectivity index (χ3v) is 5.44. The van der Waals surface area contributed by atoms with Gasteiger partial charge in [-0.3, -0.25) is 14.2 Å². The van der Waals surface area contributed by atoms with Crippen molar-refractivity contribution in [2.24, 2.45) is 14.1 Å². The molecule has 0 aliphatic heterocycles. The SMILES string of the molecule is Cn1nc2c(c1CC(=O)OCc1ccc3c(cnn3C)c1)Cc1ccccc1-2.